The Morgan fingerprint density at radius 3 is 2.80 bits per heavy atom. The third-order valence-corrected chi connectivity index (χ3v) is 5.06. The van der Waals surface area contributed by atoms with Gasteiger partial charge in [0.25, 0.3) is 0 Å². The zero-order valence-electron chi connectivity index (χ0n) is 12.7. The fourth-order valence-electron chi connectivity index (χ4n) is 3.69. The molecule has 1 aromatic rings. The predicted molar refractivity (Wildman–Crippen MR) is 77.3 cm³/mol. The van der Waals surface area contributed by atoms with Crippen LogP contribution in [0.5, 0.6) is 0 Å². The molecule has 1 unspecified atom stereocenters. The van der Waals surface area contributed by atoms with Gasteiger partial charge >= 0.3 is 0 Å². The number of aliphatic hydroxyl groups is 1. The van der Waals surface area contributed by atoms with Crippen LogP contribution in [0.2, 0.25) is 0 Å². The molecular weight excluding hydrogens is 252 g/mol. The van der Waals surface area contributed by atoms with Gasteiger partial charge in [-0.05, 0) is 45.6 Å². The summed E-state index contributed by atoms with van der Waals surface area (Å²) >= 11 is 0. The molecule has 1 aliphatic heterocycles. The molecule has 3 rings (SSSR count). The summed E-state index contributed by atoms with van der Waals surface area (Å²) in [7, 11) is 0. The first-order valence-electron chi connectivity index (χ1n) is 7.87. The van der Waals surface area contributed by atoms with Crippen LogP contribution in [0, 0.1) is 25.2 Å². The lowest BCUT2D eigenvalue weighted by atomic mass is 9.76. The van der Waals surface area contributed by atoms with E-state index in [0.717, 1.165) is 37.0 Å². The van der Waals surface area contributed by atoms with E-state index in [4.69, 9.17) is 4.52 Å². The number of piperidine rings is 1. The largest absolute Gasteiger partial charge is 0.396 e. The highest BCUT2D eigenvalue weighted by atomic mass is 16.5. The molecule has 0 aromatic carbocycles. The van der Waals surface area contributed by atoms with Crippen LogP contribution < -0.4 is 0 Å². The standard InChI is InChI=1S/C16H26N2O2/c1-12-15(13(2)20-17-12)9-18-7-3-6-16(10-18,11-19)8-14-4-5-14/h14,19H,3-11H2,1-2H3. The lowest BCUT2D eigenvalue weighted by Crippen LogP contribution is -2.45. The number of rotatable bonds is 5. The quantitative estimate of drug-likeness (QED) is 0.899. The summed E-state index contributed by atoms with van der Waals surface area (Å²) in [6.45, 7) is 7.39. The molecule has 20 heavy (non-hydrogen) atoms. The maximum Gasteiger partial charge on any atom is 0.138 e. The molecule has 1 saturated carbocycles. The molecule has 4 heteroatoms. The lowest BCUT2D eigenvalue weighted by Gasteiger charge is -2.42. The smallest absolute Gasteiger partial charge is 0.138 e. The van der Waals surface area contributed by atoms with E-state index in [2.05, 4.69) is 10.1 Å². The average molecular weight is 278 g/mol. The average Bonchev–Trinajstić information content (AvgIpc) is 3.20. The van der Waals surface area contributed by atoms with Crippen LogP contribution in [0.1, 0.15) is 49.1 Å². The summed E-state index contributed by atoms with van der Waals surface area (Å²) in [4.78, 5) is 2.48. The van der Waals surface area contributed by atoms with Gasteiger partial charge in [-0.3, -0.25) is 4.90 Å². The van der Waals surface area contributed by atoms with E-state index in [-0.39, 0.29) is 5.41 Å². The number of aromatic nitrogens is 1. The highest BCUT2D eigenvalue weighted by molar-refractivity contribution is 5.20. The molecule has 2 aliphatic rings. The summed E-state index contributed by atoms with van der Waals surface area (Å²) in [6, 6.07) is 0. The number of aliphatic hydroxyl groups excluding tert-OH is 1. The number of hydrogen-bond acceptors (Lipinski definition) is 4. The van der Waals surface area contributed by atoms with Crippen LogP contribution in [0.3, 0.4) is 0 Å². The molecule has 1 aromatic heterocycles. The maximum absolute atomic E-state index is 9.91. The molecule has 2 fully saturated rings. The van der Waals surface area contributed by atoms with Crippen molar-refractivity contribution in [2.24, 2.45) is 11.3 Å². The minimum Gasteiger partial charge on any atom is -0.396 e. The number of aryl methyl sites for hydroxylation is 2. The lowest BCUT2D eigenvalue weighted by molar-refractivity contribution is 0.0178. The Morgan fingerprint density at radius 2 is 2.20 bits per heavy atom. The highest BCUT2D eigenvalue weighted by Gasteiger charge is 2.39. The fraction of sp³-hybridized carbons (Fsp3) is 0.812. The third-order valence-electron chi connectivity index (χ3n) is 5.06. The zero-order valence-corrected chi connectivity index (χ0v) is 12.7. The van der Waals surface area contributed by atoms with Gasteiger partial charge < -0.3 is 9.63 Å². The normalized spacial score (nSPS) is 27.9. The van der Waals surface area contributed by atoms with E-state index >= 15 is 0 Å². The molecule has 1 saturated heterocycles. The molecule has 0 radical (unpaired) electrons. The second kappa shape index (κ2) is 5.49. The van der Waals surface area contributed by atoms with Crippen LogP contribution in [-0.2, 0) is 6.54 Å². The van der Waals surface area contributed by atoms with Gasteiger partial charge in [0.2, 0.25) is 0 Å². The van der Waals surface area contributed by atoms with E-state index in [0.29, 0.717) is 6.61 Å². The Morgan fingerprint density at radius 1 is 1.40 bits per heavy atom. The molecule has 4 nitrogen and oxygen atoms in total. The van der Waals surface area contributed by atoms with Crippen LogP contribution in [-0.4, -0.2) is 34.9 Å². The van der Waals surface area contributed by atoms with Crippen LogP contribution in [0.15, 0.2) is 4.52 Å². The summed E-state index contributed by atoms with van der Waals surface area (Å²) in [5, 5.41) is 14.0. The summed E-state index contributed by atoms with van der Waals surface area (Å²) in [6.07, 6.45) is 6.31. The van der Waals surface area contributed by atoms with Gasteiger partial charge in [0.05, 0.1) is 5.69 Å². The summed E-state index contributed by atoms with van der Waals surface area (Å²) in [5.74, 6) is 1.81. The second-order valence-electron chi connectivity index (χ2n) is 6.92. The first kappa shape index (κ1) is 14.1. The van der Waals surface area contributed by atoms with Gasteiger partial charge in [-0.2, -0.15) is 0 Å². The zero-order chi connectivity index (χ0) is 14.2. The molecule has 112 valence electrons. The van der Waals surface area contributed by atoms with Crippen molar-refractivity contribution in [3.63, 3.8) is 0 Å². The van der Waals surface area contributed by atoms with Crippen LogP contribution in [0.4, 0.5) is 0 Å². The van der Waals surface area contributed by atoms with Gasteiger partial charge in [0.15, 0.2) is 0 Å². The van der Waals surface area contributed by atoms with Crippen molar-refractivity contribution in [3.8, 4) is 0 Å². The van der Waals surface area contributed by atoms with Crippen molar-refractivity contribution in [2.45, 2.75) is 52.5 Å². The molecule has 1 N–H and O–H groups in total. The molecule has 1 atom stereocenters. The second-order valence-corrected chi connectivity index (χ2v) is 6.92. The number of likely N-dealkylation sites (tertiary alicyclic amines) is 1. The predicted octanol–water partition coefficient (Wildman–Crippen LogP) is 2.67. The van der Waals surface area contributed by atoms with Crippen molar-refractivity contribution in [3.05, 3.63) is 17.0 Å². The maximum atomic E-state index is 9.91. The molecule has 0 spiro atoms. The monoisotopic (exact) mass is 278 g/mol. The number of nitrogens with zero attached hydrogens (tertiary/aromatic N) is 2. The molecular formula is C16H26N2O2. The van der Waals surface area contributed by atoms with Crippen LogP contribution in [0.25, 0.3) is 0 Å². The highest BCUT2D eigenvalue weighted by Crippen LogP contribution is 2.44. The van der Waals surface area contributed by atoms with E-state index in [1.54, 1.807) is 0 Å². The Balaban J connectivity index is 1.67. The van der Waals surface area contributed by atoms with E-state index in [1.165, 1.54) is 37.7 Å². The Bertz CT molecular complexity index is 448. The van der Waals surface area contributed by atoms with Gasteiger partial charge in [-0.25, -0.2) is 0 Å². The first-order chi connectivity index (χ1) is 9.62. The molecule has 1 aliphatic carbocycles. The Hall–Kier alpha value is -0.870. The molecule has 0 bridgehead atoms. The van der Waals surface area contributed by atoms with Crippen molar-refractivity contribution in [2.75, 3.05) is 19.7 Å². The fourth-order valence-corrected chi connectivity index (χ4v) is 3.69. The van der Waals surface area contributed by atoms with Crippen molar-refractivity contribution in [1.29, 1.82) is 0 Å². The van der Waals surface area contributed by atoms with Gasteiger partial charge in [-0.1, -0.05) is 18.0 Å². The molecule has 2 heterocycles. The SMILES string of the molecule is Cc1noc(C)c1CN1CCCC(CO)(CC2CC2)C1. The van der Waals surface area contributed by atoms with Crippen molar-refractivity contribution < 1.29 is 9.63 Å². The Labute approximate surface area is 121 Å². The van der Waals surface area contributed by atoms with Crippen molar-refractivity contribution in [1.82, 2.24) is 10.1 Å². The third kappa shape index (κ3) is 2.91. The first-order valence-corrected chi connectivity index (χ1v) is 7.87. The van der Waals surface area contributed by atoms with E-state index in [1.807, 2.05) is 13.8 Å². The topological polar surface area (TPSA) is 49.5 Å². The summed E-state index contributed by atoms with van der Waals surface area (Å²) < 4.78 is 5.26. The van der Waals surface area contributed by atoms with Crippen LogP contribution >= 0.6 is 0 Å². The van der Waals surface area contributed by atoms with Gasteiger partial charge in [0.1, 0.15) is 5.76 Å². The minimum absolute atomic E-state index is 0.137. The van der Waals surface area contributed by atoms with Gasteiger partial charge in [0, 0.05) is 30.7 Å². The summed E-state index contributed by atoms with van der Waals surface area (Å²) in [5.41, 5.74) is 2.37. The van der Waals surface area contributed by atoms with E-state index < -0.39 is 0 Å². The Kier molecular flexibility index (Phi) is 3.87. The number of hydrogen-bond donors (Lipinski definition) is 1. The minimum atomic E-state index is 0.137. The van der Waals surface area contributed by atoms with Gasteiger partial charge in [-0.15, -0.1) is 0 Å². The van der Waals surface area contributed by atoms with Crippen molar-refractivity contribution >= 4 is 0 Å². The van der Waals surface area contributed by atoms with E-state index in [9.17, 15) is 5.11 Å². The molecule has 0 amide bonds.